The summed E-state index contributed by atoms with van der Waals surface area (Å²) in [6.07, 6.45) is 1.53. The van der Waals surface area contributed by atoms with Crippen molar-refractivity contribution in [3.05, 3.63) is 52.3 Å². The number of rotatable bonds is 5. The van der Waals surface area contributed by atoms with Crippen LogP contribution in [0.25, 0.3) is 0 Å². The zero-order chi connectivity index (χ0) is 14.7. The fourth-order valence-corrected chi connectivity index (χ4v) is 2.23. The molecule has 20 heavy (non-hydrogen) atoms. The topological polar surface area (TPSA) is 38.1 Å². The van der Waals surface area contributed by atoms with E-state index in [4.69, 9.17) is 11.6 Å². The lowest BCUT2D eigenvalue weighted by atomic mass is 10.0. The van der Waals surface area contributed by atoms with Crippen molar-refractivity contribution >= 4 is 17.4 Å². The molecule has 0 saturated carbocycles. The van der Waals surface area contributed by atoms with Crippen LogP contribution in [-0.4, -0.2) is 41.1 Å². The van der Waals surface area contributed by atoms with Crippen molar-refractivity contribution in [1.29, 1.82) is 0 Å². The second-order valence-electron chi connectivity index (χ2n) is 5.01. The van der Waals surface area contributed by atoms with E-state index >= 15 is 0 Å². The van der Waals surface area contributed by atoms with Gasteiger partial charge in [0.05, 0.1) is 17.8 Å². The van der Waals surface area contributed by atoms with E-state index in [0.717, 1.165) is 12.1 Å². The fraction of sp³-hybridized carbons (Fsp3) is 0.333. The van der Waals surface area contributed by atoms with Gasteiger partial charge in [0.25, 0.3) is 0 Å². The molecule has 2 aromatic rings. The Morgan fingerprint density at radius 2 is 2.05 bits per heavy atom. The van der Waals surface area contributed by atoms with Crippen molar-refractivity contribution < 1.29 is 4.79 Å². The zero-order valence-corrected chi connectivity index (χ0v) is 12.7. The Morgan fingerprint density at radius 1 is 1.35 bits per heavy atom. The molecule has 0 atom stereocenters. The van der Waals surface area contributed by atoms with Gasteiger partial charge in [0.15, 0.2) is 0 Å². The maximum atomic E-state index is 12.7. The molecule has 2 rings (SSSR count). The van der Waals surface area contributed by atoms with Crippen molar-refractivity contribution in [3.8, 4) is 0 Å². The highest BCUT2D eigenvalue weighted by molar-refractivity contribution is 6.34. The zero-order valence-electron chi connectivity index (χ0n) is 11.9. The predicted octanol–water partition coefficient (Wildman–Crippen LogP) is 2.64. The van der Waals surface area contributed by atoms with Crippen LogP contribution in [0.15, 0.2) is 30.5 Å². The third-order valence-electron chi connectivity index (χ3n) is 3.16. The maximum Gasteiger partial charge on any atom is 0.212 e. The van der Waals surface area contributed by atoms with Crippen LogP contribution in [0, 0.1) is 6.92 Å². The second kappa shape index (κ2) is 6.20. The SMILES string of the molecule is Cc1ccccc1C(=O)c1c(Cl)cnn1CCN(C)C. The summed E-state index contributed by atoms with van der Waals surface area (Å²) in [5.41, 5.74) is 2.07. The van der Waals surface area contributed by atoms with Crippen molar-refractivity contribution in [2.75, 3.05) is 20.6 Å². The minimum Gasteiger partial charge on any atom is -0.308 e. The summed E-state index contributed by atoms with van der Waals surface area (Å²) in [5.74, 6) is -0.0793. The van der Waals surface area contributed by atoms with Crippen LogP contribution in [0.5, 0.6) is 0 Å². The van der Waals surface area contributed by atoms with Gasteiger partial charge < -0.3 is 4.90 Å². The first-order chi connectivity index (χ1) is 9.50. The van der Waals surface area contributed by atoms with Crippen LogP contribution in [0.4, 0.5) is 0 Å². The number of aromatic nitrogens is 2. The summed E-state index contributed by atoms with van der Waals surface area (Å²) in [6, 6.07) is 7.50. The standard InChI is InChI=1S/C15H18ClN3O/c1-11-6-4-5-7-12(11)15(20)14-13(16)10-17-19(14)9-8-18(2)3/h4-7,10H,8-9H2,1-3H3. The average Bonchev–Trinajstić information content (AvgIpc) is 2.77. The number of ketones is 1. The van der Waals surface area contributed by atoms with Gasteiger partial charge in [0.2, 0.25) is 5.78 Å². The highest BCUT2D eigenvalue weighted by Gasteiger charge is 2.20. The molecule has 4 nitrogen and oxygen atoms in total. The molecule has 0 fully saturated rings. The van der Waals surface area contributed by atoms with Crippen LogP contribution >= 0.6 is 11.6 Å². The molecule has 0 bridgehead atoms. The summed E-state index contributed by atoms with van der Waals surface area (Å²) in [7, 11) is 3.96. The minimum atomic E-state index is -0.0793. The Labute approximate surface area is 124 Å². The highest BCUT2D eigenvalue weighted by atomic mass is 35.5. The summed E-state index contributed by atoms with van der Waals surface area (Å²) < 4.78 is 1.68. The minimum absolute atomic E-state index is 0.0793. The lowest BCUT2D eigenvalue weighted by molar-refractivity contribution is 0.102. The van der Waals surface area contributed by atoms with E-state index in [1.54, 1.807) is 4.68 Å². The quantitative estimate of drug-likeness (QED) is 0.795. The maximum absolute atomic E-state index is 12.7. The second-order valence-corrected chi connectivity index (χ2v) is 5.42. The average molecular weight is 292 g/mol. The normalized spacial score (nSPS) is 11.1. The molecule has 1 aromatic heterocycles. The molecule has 1 heterocycles. The van der Waals surface area contributed by atoms with Gasteiger partial charge in [-0.15, -0.1) is 0 Å². The molecule has 106 valence electrons. The Balaban J connectivity index is 2.35. The molecule has 0 N–H and O–H groups in total. The summed E-state index contributed by atoms with van der Waals surface area (Å²) >= 11 is 6.14. The van der Waals surface area contributed by atoms with Crippen LogP contribution in [0.1, 0.15) is 21.6 Å². The van der Waals surface area contributed by atoms with E-state index in [1.165, 1.54) is 6.20 Å². The molecule has 0 saturated heterocycles. The van der Waals surface area contributed by atoms with Gasteiger partial charge in [-0.3, -0.25) is 9.48 Å². The van der Waals surface area contributed by atoms with Crippen LogP contribution < -0.4 is 0 Å². The molecule has 1 aromatic carbocycles. The van der Waals surface area contributed by atoms with Crippen LogP contribution in [0.3, 0.4) is 0 Å². The summed E-state index contributed by atoms with van der Waals surface area (Å²) in [5, 5.41) is 4.60. The predicted molar refractivity (Wildman–Crippen MR) is 80.4 cm³/mol. The number of halogens is 1. The first-order valence-corrected chi connectivity index (χ1v) is 6.85. The number of carbonyl (C=O) groups excluding carboxylic acids is 1. The number of aryl methyl sites for hydroxylation is 1. The van der Waals surface area contributed by atoms with Gasteiger partial charge in [0.1, 0.15) is 5.69 Å². The van der Waals surface area contributed by atoms with Crippen molar-refractivity contribution in [3.63, 3.8) is 0 Å². The van der Waals surface area contributed by atoms with Crippen molar-refractivity contribution in [2.24, 2.45) is 0 Å². The Hall–Kier alpha value is -1.65. The lowest BCUT2D eigenvalue weighted by Crippen LogP contribution is -2.22. The molecular formula is C15H18ClN3O. The van der Waals surface area contributed by atoms with Gasteiger partial charge >= 0.3 is 0 Å². The molecule has 0 radical (unpaired) electrons. The number of hydrogen-bond acceptors (Lipinski definition) is 3. The monoisotopic (exact) mass is 291 g/mol. The van der Waals surface area contributed by atoms with E-state index < -0.39 is 0 Å². The first-order valence-electron chi connectivity index (χ1n) is 6.47. The molecule has 0 spiro atoms. The van der Waals surface area contributed by atoms with Gasteiger partial charge in [-0.1, -0.05) is 35.9 Å². The van der Waals surface area contributed by atoms with E-state index in [0.29, 0.717) is 22.8 Å². The van der Waals surface area contributed by atoms with Crippen LogP contribution in [-0.2, 0) is 6.54 Å². The van der Waals surface area contributed by atoms with Gasteiger partial charge in [-0.05, 0) is 26.6 Å². The molecule has 5 heteroatoms. The van der Waals surface area contributed by atoms with Crippen LogP contribution in [0.2, 0.25) is 5.02 Å². The van der Waals surface area contributed by atoms with E-state index in [1.807, 2.05) is 50.2 Å². The molecule has 0 aliphatic carbocycles. The van der Waals surface area contributed by atoms with Gasteiger partial charge in [-0.25, -0.2) is 0 Å². The molecule has 0 amide bonds. The summed E-state index contributed by atoms with van der Waals surface area (Å²) in [4.78, 5) is 14.7. The Morgan fingerprint density at radius 3 is 2.70 bits per heavy atom. The van der Waals surface area contributed by atoms with Gasteiger partial charge in [0, 0.05) is 12.1 Å². The molecule has 0 unspecified atom stereocenters. The first kappa shape index (κ1) is 14.8. The van der Waals surface area contributed by atoms with Crippen molar-refractivity contribution in [1.82, 2.24) is 14.7 Å². The fourth-order valence-electron chi connectivity index (χ4n) is 2.01. The molecule has 0 aliphatic heterocycles. The largest absolute Gasteiger partial charge is 0.308 e. The molecular weight excluding hydrogens is 274 g/mol. The Bertz CT molecular complexity index is 619. The number of carbonyl (C=O) groups is 1. The van der Waals surface area contributed by atoms with E-state index in [9.17, 15) is 4.79 Å². The molecule has 0 aliphatic rings. The number of nitrogens with zero attached hydrogens (tertiary/aromatic N) is 3. The van der Waals surface area contributed by atoms with Gasteiger partial charge in [-0.2, -0.15) is 5.10 Å². The Kier molecular flexibility index (Phi) is 4.57. The van der Waals surface area contributed by atoms with E-state index in [-0.39, 0.29) is 5.78 Å². The number of benzene rings is 1. The number of likely N-dealkylation sites (N-methyl/N-ethyl adjacent to an activating group) is 1. The third kappa shape index (κ3) is 3.08. The lowest BCUT2D eigenvalue weighted by Gasteiger charge is -2.12. The number of hydrogen-bond donors (Lipinski definition) is 0. The van der Waals surface area contributed by atoms with E-state index in [2.05, 4.69) is 5.10 Å². The van der Waals surface area contributed by atoms with Crippen molar-refractivity contribution in [2.45, 2.75) is 13.5 Å². The third-order valence-corrected chi connectivity index (χ3v) is 3.44. The summed E-state index contributed by atoms with van der Waals surface area (Å²) in [6.45, 7) is 3.35. The smallest absolute Gasteiger partial charge is 0.212 e. The highest BCUT2D eigenvalue weighted by Crippen LogP contribution is 2.21.